The number of likely N-dealkylation sites (tertiary alicyclic amines) is 1. The second-order valence-electron chi connectivity index (χ2n) is 6.03. The van der Waals surface area contributed by atoms with Gasteiger partial charge in [-0.05, 0) is 32.6 Å². The fraction of sp³-hybridized carbons (Fsp3) is 0.857. The maximum absolute atomic E-state index is 12.1. The van der Waals surface area contributed by atoms with Crippen LogP contribution in [0.3, 0.4) is 0 Å². The van der Waals surface area contributed by atoms with Crippen LogP contribution >= 0.6 is 0 Å². The van der Waals surface area contributed by atoms with Crippen molar-refractivity contribution in [1.29, 1.82) is 0 Å². The Hall–Kier alpha value is -1.10. The second kappa shape index (κ2) is 5.90. The van der Waals surface area contributed by atoms with Crippen LogP contribution in [-0.2, 0) is 9.59 Å². The van der Waals surface area contributed by atoms with E-state index >= 15 is 0 Å². The van der Waals surface area contributed by atoms with E-state index in [-0.39, 0.29) is 35.7 Å². The summed E-state index contributed by atoms with van der Waals surface area (Å²) in [6.07, 6.45) is 3.79. The molecule has 0 radical (unpaired) electrons. The highest BCUT2D eigenvalue weighted by Gasteiger charge is 2.33. The van der Waals surface area contributed by atoms with Crippen molar-refractivity contribution in [1.82, 2.24) is 10.2 Å². The number of carbonyl (C=O) groups is 2. The highest BCUT2D eigenvalue weighted by molar-refractivity contribution is 5.81. The molecule has 1 aliphatic carbocycles. The van der Waals surface area contributed by atoms with Crippen LogP contribution in [-0.4, -0.2) is 41.9 Å². The summed E-state index contributed by atoms with van der Waals surface area (Å²) in [6, 6.07) is 0.127. The van der Waals surface area contributed by atoms with Gasteiger partial charge in [-0.1, -0.05) is 6.92 Å². The minimum atomic E-state index is -0.127. The average molecular weight is 267 g/mol. The number of hydrogen-bond acceptors (Lipinski definition) is 3. The predicted molar refractivity (Wildman–Crippen MR) is 73.3 cm³/mol. The third-order valence-corrected chi connectivity index (χ3v) is 4.28. The van der Waals surface area contributed by atoms with E-state index in [9.17, 15) is 9.59 Å². The third-order valence-electron chi connectivity index (χ3n) is 4.28. The van der Waals surface area contributed by atoms with Crippen LogP contribution in [0.5, 0.6) is 0 Å². The molecule has 5 nitrogen and oxygen atoms in total. The molecule has 1 heterocycles. The van der Waals surface area contributed by atoms with Crippen LogP contribution in [0.4, 0.5) is 0 Å². The molecule has 2 atom stereocenters. The number of hydrogen-bond donors (Lipinski definition) is 2. The van der Waals surface area contributed by atoms with Gasteiger partial charge in [0.05, 0.1) is 5.92 Å². The SMILES string of the molecule is CC(N)C(C)C(=O)N1CCC(NC(=O)C2CC2)CC1. The molecule has 0 bridgehead atoms. The van der Waals surface area contributed by atoms with Crippen molar-refractivity contribution in [3.05, 3.63) is 0 Å². The van der Waals surface area contributed by atoms with Crippen LogP contribution in [0.15, 0.2) is 0 Å². The summed E-state index contributed by atoms with van der Waals surface area (Å²) < 4.78 is 0. The molecule has 1 saturated heterocycles. The number of nitrogens with one attached hydrogen (secondary N) is 1. The summed E-state index contributed by atoms with van der Waals surface area (Å²) in [7, 11) is 0. The van der Waals surface area contributed by atoms with Gasteiger partial charge in [0.2, 0.25) is 11.8 Å². The molecule has 3 N–H and O–H groups in total. The molecule has 19 heavy (non-hydrogen) atoms. The Balaban J connectivity index is 1.75. The number of nitrogens with zero attached hydrogens (tertiary/aromatic N) is 1. The molecule has 0 aromatic carbocycles. The molecule has 5 heteroatoms. The summed E-state index contributed by atoms with van der Waals surface area (Å²) in [4.78, 5) is 25.7. The monoisotopic (exact) mass is 267 g/mol. The number of nitrogens with two attached hydrogens (primary N) is 1. The summed E-state index contributed by atoms with van der Waals surface area (Å²) >= 11 is 0. The largest absolute Gasteiger partial charge is 0.353 e. The molecular formula is C14H25N3O2. The molecule has 1 aliphatic heterocycles. The van der Waals surface area contributed by atoms with E-state index in [4.69, 9.17) is 5.73 Å². The number of amides is 2. The molecule has 0 aromatic heterocycles. The third kappa shape index (κ3) is 3.69. The van der Waals surface area contributed by atoms with Crippen molar-refractivity contribution < 1.29 is 9.59 Å². The molecule has 2 rings (SSSR count). The maximum atomic E-state index is 12.1. The van der Waals surface area contributed by atoms with Gasteiger partial charge in [0.25, 0.3) is 0 Å². The Morgan fingerprint density at radius 1 is 1.16 bits per heavy atom. The first-order valence-electron chi connectivity index (χ1n) is 7.33. The Kier molecular flexibility index (Phi) is 4.45. The van der Waals surface area contributed by atoms with E-state index in [1.165, 1.54) is 0 Å². The zero-order chi connectivity index (χ0) is 14.0. The van der Waals surface area contributed by atoms with Crippen molar-refractivity contribution in [2.45, 2.75) is 51.6 Å². The predicted octanol–water partition coefficient (Wildman–Crippen LogP) is 0.487. The van der Waals surface area contributed by atoms with E-state index in [2.05, 4.69) is 5.32 Å². The van der Waals surface area contributed by atoms with Gasteiger partial charge in [-0.2, -0.15) is 0 Å². The Bertz CT molecular complexity index is 345. The zero-order valence-corrected chi connectivity index (χ0v) is 11.9. The van der Waals surface area contributed by atoms with Gasteiger partial charge in [0.1, 0.15) is 0 Å². The van der Waals surface area contributed by atoms with Gasteiger partial charge in [-0.25, -0.2) is 0 Å². The number of piperidine rings is 1. The highest BCUT2D eigenvalue weighted by Crippen LogP contribution is 2.29. The highest BCUT2D eigenvalue weighted by atomic mass is 16.2. The van der Waals surface area contributed by atoms with Crippen LogP contribution in [0, 0.1) is 11.8 Å². The molecule has 2 amide bonds. The smallest absolute Gasteiger partial charge is 0.226 e. The van der Waals surface area contributed by atoms with Crippen molar-refractivity contribution in [2.24, 2.45) is 17.6 Å². The first kappa shape index (κ1) is 14.3. The summed E-state index contributed by atoms with van der Waals surface area (Å²) in [5, 5.41) is 3.09. The van der Waals surface area contributed by atoms with Gasteiger partial charge < -0.3 is 16.0 Å². The molecule has 0 spiro atoms. The van der Waals surface area contributed by atoms with Crippen molar-refractivity contribution in [3.8, 4) is 0 Å². The lowest BCUT2D eigenvalue weighted by molar-refractivity contribution is -0.136. The van der Waals surface area contributed by atoms with E-state index in [1.54, 1.807) is 0 Å². The molecule has 1 saturated carbocycles. The van der Waals surface area contributed by atoms with Crippen LogP contribution in [0.2, 0.25) is 0 Å². The minimum Gasteiger partial charge on any atom is -0.353 e. The normalized spacial score (nSPS) is 23.8. The molecule has 0 aromatic rings. The standard InChI is InChI=1S/C14H25N3O2/c1-9(10(2)15)14(19)17-7-5-12(6-8-17)16-13(18)11-3-4-11/h9-12H,3-8,15H2,1-2H3,(H,16,18). The van der Waals surface area contributed by atoms with Gasteiger partial charge in [-0.3, -0.25) is 9.59 Å². The molecule has 2 fully saturated rings. The Morgan fingerprint density at radius 3 is 2.21 bits per heavy atom. The summed E-state index contributed by atoms with van der Waals surface area (Å²) in [5.74, 6) is 0.478. The van der Waals surface area contributed by atoms with Gasteiger partial charge >= 0.3 is 0 Å². The zero-order valence-electron chi connectivity index (χ0n) is 11.9. The summed E-state index contributed by atoms with van der Waals surface area (Å²) in [6.45, 7) is 5.20. The van der Waals surface area contributed by atoms with Gasteiger partial charge in [0, 0.05) is 31.1 Å². The van der Waals surface area contributed by atoms with Gasteiger partial charge in [-0.15, -0.1) is 0 Å². The lowest BCUT2D eigenvalue weighted by atomic mass is 9.99. The van der Waals surface area contributed by atoms with E-state index in [0.29, 0.717) is 0 Å². The van der Waals surface area contributed by atoms with Crippen LogP contribution < -0.4 is 11.1 Å². The lowest BCUT2D eigenvalue weighted by Gasteiger charge is -2.34. The van der Waals surface area contributed by atoms with E-state index in [1.807, 2.05) is 18.7 Å². The maximum Gasteiger partial charge on any atom is 0.226 e. The van der Waals surface area contributed by atoms with Crippen molar-refractivity contribution in [2.75, 3.05) is 13.1 Å². The number of carbonyl (C=O) groups excluding carboxylic acids is 2. The van der Waals surface area contributed by atoms with Crippen molar-refractivity contribution in [3.63, 3.8) is 0 Å². The minimum absolute atomic E-state index is 0.111. The van der Waals surface area contributed by atoms with Crippen LogP contribution in [0.1, 0.15) is 39.5 Å². The second-order valence-corrected chi connectivity index (χ2v) is 6.03. The quantitative estimate of drug-likeness (QED) is 0.778. The van der Waals surface area contributed by atoms with E-state index in [0.717, 1.165) is 38.8 Å². The molecular weight excluding hydrogens is 242 g/mol. The Morgan fingerprint density at radius 2 is 1.74 bits per heavy atom. The van der Waals surface area contributed by atoms with E-state index < -0.39 is 0 Å². The topological polar surface area (TPSA) is 75.4 Å². The molecule has 108 valence electrons. The van der Waals surface area contributed by atoms with Crippen LogP contribution in [0.25, 0.3) is 0 Å². The van der Waals surface area contributed by atoms with Gasteiger partial charge in [0.15, 0.2) is 0 Å². The number of rotatable bonds is 4. The first-order chi connectivity index (χ1) is 8.99. The molecule has 2 unspecified atom stereocenters. The lowest BCUT2D eigenvalue weighted by Crippen LogP contribution is -2.49. The average Bonchev–Trinajstić information content (AvgIpc) is 3.22. The fourth-order valence-corrected chi connectivity index (χ4v) is 2.42. The molecule has 2 aliphatic rings. The van der Waals surface area contributed by atoms with Crippen molar-refractivity contribution >= 4 is 11.8 Å². The first-order valence-corrected chi connectivity index (χ1v) is 7.33. The Labute approximate surface area is 114 Å². The fourth-order valence-electron chi connectivity index (χ4n) is 2.42. The summed E-state index contributed by atoms with van der Waals surface area (Å²) in [5.41, 5.74) is 5.77.